The summed E-state index contributed by atoms with van der Waals surface area (Å²) in [6.07, 6.45) is 0.737. The molecule has 0 saturated heterocycles. The minimum absolute atomic E-state index is 0.112. The largest absolute Gasteiger partial charge is 0.496 e. The summed E-state index contributed by atoms with van der Waals surface area (Å²) in [5.41, 5.74) is 1.06. The van der Waals surface area contributed by atoms with Gasteiger partial charge in [-0.2, -0.15) is 0 Å². The molecule has 0 fully saturated rings. The maximum Gasteiger partial charge on any atom is 0.255 e. The van der Waals surface area contributed by atoms with Crippen molar-refractivity contribution < 1.29 is 17.9 Å². The monoisotopic (exact) mass is 412 g/mol. The number of fused-ring (bicyclic) bond motifs is 1. The molecule has 0 aromatic heterocycles. The Hall–Kier alpha value is -1.74. The van der Waals surface area contributed by atoms with E-state index in [4.69, 9.17) is 21.5 Å². The summed E-state index contributed by atoms with van der Waals surface area (Å²) in [7, 11) is -2.52. The van der Waals surface area contributed by atoms with Crippen molar-refractivity contribution in [3.8, 4) is 5.75 Å². The molecule has 2 aromatic rings. The number of carbonyl (C=O) groups is 1. The van der Waals surface area contributed by atoms with Crippen LogP contribution in [0.2, 0.25) is 5.02 Å². The molecule has 9 heteroatoms. The zero-order valence-corrected chi connectivity index (χ0v) is 16.2. The van der Waals surface area contributed by atoms with Crippen LogP contribution in [0.25, 0.3) is 0 Å². The number of benzene rings is 2. The Bertz CT molecular complexity index is 963. The second-order valence-corrected chi connectivity index (χ2v) is 8.89. The lowest BCUT2D eigenvalue weighted by Crippen LogP contribution is -2.31. The van der Waals surface area contributed by atoms with Crippen molar-refractivity contribution in [3.05, 3.63) is 52.5 Å². The molecule has 138 valence electrons. The molecular formula is C17H17ClN2O4S2. The number of primary sulfonamides is 1. The van der Waals surface area contributed by atoms with Gasteiger partial charge in [-0.25, -0.2) is 13.6 Å². The number of ether oxygens (including phenoxy) is 1. The van der Waals surface area contributed by atoms with Gasteiger partial charge in [0.2, 0.25) is 10.0 Å². The van der Waals surface area contributed by atoms with E-state index in [2.05, 4.69) is 5.32 Å². The summed E-state index contributed by atoms with van der Waals surface area (Å²) in [4.78, 5) is 13.7. The van der Waals surface area contributed by atoms with E-state index >= 15 is 0 Å². The van der Waals surface area contributed by atoms with Crippen molar-refractivity contribution >= 4 is 39.3 Å². The third-order valence-electron chi connectivity index (χ3n) is 4.06. The SMILES string of the molecule is COc1ccc(S(N)(=O)=O)cc1C(=O)NC1CCSc2ccc(Cl)cc21. The van der Waals surface area contributed by atoms with Crippen LogP contribution in [0, 0.1) is 0 Å². The number of hydrogen-bond donors (Lipinski definition) is 2. The summed E-state index contributed by atoms with van der Waals surface area (Å²) in [5, 5.41) is 8.71. The van der Waals surface area contributed by atoms with E-state index in [1.165, 1.54) is 25.3 Å². The molecule has 1 aliphatic heterocycles. The smallest absolute Gasteiger partial charge is 0.255 e. The fourth-order valence-corrected chi connectivity index (χ4v) is 4.62. The normalized spacial score (nSPS) is 16.7. The number of rotatable bonds is 4. The quantitative estimate of drug-likeness (QED) is 0.804. The van der Waals surface area contributed by atoms with E-state index < -0.39 is 15.9 Å². The Kier molecular flexibility index (Phi) is 5.47. The highest BCUT2D eigenvalue weighted by atomic mass is 35.5. The van der Waals surface area contributed by atoms with Gasteiger partial charge in [0.25, 0.3) is 5.91 Å². The second-order valence-electron chi connectivity index (χ2n) is 5.75. The summed E-state index contributed by atoms with van der Waals surface area (Å²) < 4.78 is 28.4. The number of nitrogens with two attached hydrogens (primary N) is 1. The molecule has 1 amide bonds. The number of amides is 1. The third-order valence-corrected chi connectivity index (χ3v) is 6.33. The van der Waals surface area contributed by atoms with Crippen molar-refractivity contribution in [1.29, 1.82) is 0 Å². The number of nitrogens with one attached hydrogen (secondary N) is 1. The summed E-state index contributed by atoms with van der Waals surface area (Å²) in [5.74, 6) is 0.690. The van der Waals surface area contributed by atoms with Gasteiger partial charge in [0.05, 0.1) is 23.6 Å². The molecule has 3 rings (SSSR count). The van der Waals surface area contributed by atoms with E-state index in [1.54, 1.807) is 11.8 Å². The van der Waals surface area contributed by atoms with Gasteiger partial charge in [0, 0.05) is 15.7 Å². The van der Waals surface area contributed by atoms with Crippen LogP contribution in [0.5, 0.6) is 5.75 Å². The van der Waals surface area contributed by atoms with E-state index in [9.17, 15) is 13.2 Å². The van der Waals surface area contributed by atoms with Crippen LogP contribution in [-0.2, 0) is 10.0 Å². The van der Waals surface area contributed by atoms with Crippen molar-refractivity contribution in [2.75, 3.05) is 12.9 Å². The lowest BCUT2D eigenvalue weighted by atomic mass is 10.0. The van der Waals surface area contributed by atoms with Gasteiger partial charge in [0.15, 0.2) is 0 Å². The topological polar surface area (TPSA) is 98.5 Å². The predicted octanol–water partition coefficient (Wildman–Crippen LogP) is 2.96. The van der Waals surface area contributed by atoms with Crippen LogP contribution in [0.1, 0.15) is 28.4 Å². The fraction of sp³-hybridized carbons (Fsp3) is 0.235. The summed E-state index contributed by atoms with van der Waals surface area (Å²) in [6, 6.07) is 9.30. The van der Waals surface area contributed by atoms with Crippen LogP contribution < -0.4 is 15.2 Å². The maximum absolute atomic E-state index is 12.8. The molecule has 0 aliphatic carbocycles. The lowest BCUT2D eigenvalue weighted by Gasteiger charge is -2.26. The van der Waals surface area contributed by atoms with Crippen LogP contribution in [0.15, 0.2) is 46.2 Å². The van der Waals surface area contributed by atoms with Gasteiger partial charge in [-0.15, -0.1) is 11.8 Å². The highest BCUT2D eigenvalue weighted by Crippen LogP contribution is 2.38. The molecule has 1 heterocycles. The average Bonchev–Trinajstić information content (AvgIpc) is 2.60. The van der Waals surface area contributed by atoms with Crippen LogP contribution in [-0.4, -0.2) is 27.2 Å². The van der Waals surface area contributed by atoms with Crippen molar-refractivity contribution in [1.82, 2.24) is 5.32 Å². The number of thioether (sulfide) groups is 1. The molecular weight excluding hydrogens is 396 g/mol. The molecule has 2 aromatic carbocycles. The highest BCUT2D eigenvalue weighted by molar-refractivity contribution is 7.99. The highest BCUT2D eigenvalue weighted by Gasteiger charge is 2.25. The van der Waals surface area contributed by atoms with E-state index in [0.29, 0.717) is 5.02 Å². The summed E-state index contributed by atoms with van der Waals surface area (Å²) >= 11 is 7.80. The number of methoxy groups -OCH3 is 1. The van der Waals surface area contributed by atoms with Gasteiger partial charge in [-0.1, -0.05) is 11.6 Å². The standard InChI is InChI=1S/C17H17ClN2O4S2/c1-24-15-4-3-11(26(19,22)23)9-13(15)17(21)20-14-6-7-25-16-5-2-10(18)8-12(14)16/h2-5,8-9,14H,6-7H2,1H3,(H,20,21)(H2,19,22,23). The zero-order chi connectivity index (χ0) is 18.9. The minimum Gasteiger partial charge on any atom is -0.496 e. The number of hydrogen-bond acceptors (Lipinski definition) is 5. The van der Waals surface area contributed by atoms with Gasteiger partial charge in [-0.3, -0.25) is 4.79 Å². The first-order chi connectivity index (χ1) is 12.3. The minimum atomic E-state index is -3.93. The molecule has 6 nitrogen and oxygen atoms in total. The third kappa shape index (κ3) is 3.98. The molecule has 0 saturated carbocycles. The van der Waals surface area contributed by atoms with Gasteiger partial charge >= 0.3 is 0 Å². The maximum atomic E-state index is 12.8. The molecule has 0 bridgehead atoms. The molecule has 1 unspecified atom stereocenters. The lowest BCUT2D eigenvalue weighted by molar-refractivity contribution is 0.0931. The fourth-order valence-electron chi connectivity index (χ4n) is 2.79. The number of sulfonamides is 1. The van der Waals surface area contributed by atoms with Gasteiger partial charge in [-0.05, 0) is 48.4 Å². The Morgan fingerprint density at radius 2 is 2.08 bits per heavy atom. The molecule has 26 heavy (non-hydrogen) atoms. The van der Waals surface area contributed by atoms with E-state index in [-0.39, 0.29) is 22.3 Å². The van der Waals surface area contributed by atoms with Crippen molar-refractivity contribution in [2.45, 2.75) is 22.3 Å². The van der Waals surface area contributed by atoms with Crippen molar-refractivity contribution in [2.24, 2.45) is 5.14 Å². The Labute approximate surface area is 161 Å². The Balaban J connectivity index is 1.93. The van der Waals surface area contributed by atoms with Gasteiger partial charge < -0.3 is 10.1 Å². The molecule has 0 radical (unpaired) electrons. The van der Waals surface area contributed by atoms with E-state index in [1.807, 2.05) is 18.2 Å². The summed E-state index contributed by atoms with van der Waals surface area (Å²) in [6.45, 7) is 0. The number of carbonyl (C=O) groups excluding carboxylic acids is 1. The zero-order valence-electron chi connectivity index (χ0n) is 13.9. The Morgan fingerprint density at radius 3 is 2.77 bits per heavy atom. The molecule has 1 aliphatic rings. The van der Waals surface area contributed by atoms with E-state index in [0.717, 1.165) is 22.6 Å². The number of halogens is 1. The van der Waals surface area contributed by atoms with Crippen molar-refractivity contribution in [3.63, 3.8) is 0 Å². The van der Waals surface area contributed by atoms with Crippen LogP contribution in [0.4, 0.5) is 0 Å². The molecule has 0 spiro atoms. The average molecular weight is 413 g/mol. The van der Waals surface area contributed by atoms with Crippen LogP contribution >= 0.6 is 23.4 Å². The second kappa shape index (κ2) is 7.48. The predicted molar refractivity (Wildman–Crippen MR) is 101 cm³/mol. The Morgan fingerprint density at radius 1 is 1.31 bits per heavy atom. The van der Waals surface area contributed by atoms with Crippen LogP contribution in [0.3, 0.4) is 0 Å². The first-order valence-corrected chi connectivity index (χ1v) is 10.6. The first kappa shape index (κ1) is 19.0. The molecule has 1 atom stereocenters. The van der Waals surface area contributed by atoms with Gasteiger partial charge in [0.1, 0.15) is 5.75 Å². The molecule has 3 N–H and O–H groups in total. The first-order valence-electron chi connectivity index (χ1n) is 7.73.